The van der Waals surface area contributed by atoms with Gasteiger partial charge in [-0.25, -0.2) is 9.97 Å². The molecule has 0 saturated carbocycles. The van der Waals surface area contributed by atoms with Crippen LogP contribution in [0.3, 0.4) is 0 Å². The summed E-state index contributed by atoms with van der Waals surface area (Å²) in [6.07, 6.45) is 0. The van der Waals surface area contributed by atoms with E-state index in [0.29, 0.717) is 5.03 Å². The molecule has 0 aromatic carbocycles. The summed E-state index contributed by atoms with van der Waals surface area (Å²) in [5.41, 5.74) is 0. The summed E-state index contributed by atoms with van der Waals surface area (Å²) in [5.74, 6) is 0.195. The quantitative estimate of drug-likeness (QED) is 0.504. The van der Waals surface area contributed by atoms with Crippen LogP contribution in [0.4, 0.5) is 0 Å². The minimum Gasteiger partial charge on any atom is -0.358 e. The van der Waals surface area contributed by atoms with Gasteiger partial charge in [-0.2, -0.15) is 0 Å². The van der Waals surface area contributed by atoms with Gasteiger partial charge in [0.15, 0.2) is 0 Å². The van der Waals surface area contributed by atoms with Crippen LogP contribution in [-0.2, 0) is 4.79 Å². The molecule has 0 radical (unpaired) electrons. The second-order valence-electron chi connectivity index (χ2n) is 2.26. The van der Waals surface area contributed by atoms with Gasteiger partial charge < -0.3 is 5.32 Å². The molecule has 1 heterocycles. The minimum absolute atomic E-state index is 0.0805. The van der Waals surface area contributed by atoms with Gasteiger partial charge in [-0.3, -0.25) is 4.79 Å². The lowest BCUT2D eigenvalue weighted by Gasteiger charge is -2.00. The van der Waals surface area contributed by atoms with Crippen molar-refractivity contribution >= 4 is 40.9 Å². The Hall–Kier alpha value is -0.520. The fraction of sp³-hybridized carbons (Fsp3) is 0.286. The van der Waals surface area contributed by atoms with Gasteiger partial charge >= 0.3 is 0 Å². The van der Waals surface area contributed by atoms with Crippen molar-refractivity contribution in [3.63, 3.8) is 0 Å². The standard InChI is InChI=1S/C7H7Cl2N3OS/c1-10-5(13)3-14-6-2-4(8)11-7(9)12-6/h2H,3H2,1H3,(H,10,13). The second-order valence-corrected chi connectivity index (χ2v) is 3.98. The van der Waals surface area contributed by atoms with E-state index in [2.05, 4.69) is 15.3 Å². The fourth-order valence-corrected chi connectivity index (χ4v) is 1.95. The summed E-state index contributed by atoms with van der Waals surface area (Å²) in [6, 6.07) is 1.56. The first-order valence-corrected chi connectivity index (χ1v) is 5.39. The van der Waals surface area contributed by atoms with Crippen molar-refractivity contribution in [2.45, 2.75) is 5.03 Å². The van der Waals surface area contributed by atoms with Crippen molar-refractivity contribution in [3.8, 4) is 0 Å². The Morgan fingerprint density at radius 2 is 2.29 bits per heavy atom. The maximum absolute atomic E-state index is 10.9. The summed E-state index contributed by atoms with van der Waals surface area (Å²) in [7, 11) is 1.57. The predicted molar refractivity (Wildman–Crippen MR) is 56.8 cm³/mol. The van der Waals surface area contributed by atoms with Gasteiger partial charge in [0, 0.05) is 13.1 Å². The highest BCUT2D eigenvalue weighted by Gasteiger charge is 2.04. The zero-order chi connectivity index (χ0) is 10.6. The van der Waals surface area contributed by atoms with E-state index in [-0.39, 0.29) is 22.1 Å². The molecule has 0 unspecified atom stereocenters. The van der Waals surface area contributed by atoms with Crippen molar-refractivity contribution in [3.05, 3.63) is 16.5 Å². The van der Waals surface area contributed by atoms with Crippen LogP contribution in [0.15, 0.2) is 11.1 Å². The first kappa shape index (κ1) is 11.6. The number of nitrogens with zero attached hydrogens (tertiary/aromatic N) is 2. The van der Waals surface area contributed by atoms with Gasteiger partial charge in [0.25, 0.3) is 0 Å². The molecule has 0 bridgehead atoms. The Morgan fingerprint density at radius 1 is 1.57 bits per heavy atom. The third kappa shape index (κ3) is 3.69. The van der Waals surface area contributed by atoms with Crippen LogP contribution in [-0.4, -0.2) is 28.7 Å². The van der Waals surface area contributed by atoms with Crippen molar-refractivity contribution in [1.82, 2.24) is 15.3 Å². The molecular weight excluding hydrogens is 245 g/mol. The van der Waals surface area contributed by atoms with Crippen LogP contribution >= 0.6 is 35.0 Å². The van der Waals surface area contributed by atoms with Crippen LogP contribution in [0.1, 0.15) is 0 Å². The SMILES string of the molecule is CNC(=O)CSc1cc(Cl)nc(Cl)n1. The summed E-state index contributed by atoms with van der Waals surface area (Å²) in [5, 5.41) is 3.43. The molecule has 7 heteroatoms. The molecule has 4 nitrogen and oxygen atoms in total. The lowest BCUT2D eigenvalue weighted by Crippen LogP contribution is -2.19. The average molecular weight is 252 g/mol. The number of nitrogens with one attached hydrogen (secondary N) is 1. The van der Waals surface area contributed by atoms with Crippen LogP contribution in [0.25, 0.3) is 0 Å². The number of hydrogen-bond acceptors (Lipinski definition) is 4. The normalized spacial score (nSPS) is 9.93. The third-order valence-electron chi connectivity index (χ3n) is 1.27. The van der Waals surface area contributed by atoms with Crippen molar-refractivity contribution in [2.75, 3.05) is 12.8 Å². The molecule has 0 saturated heterocycles. The third-order valence-corrected chi connectivity index (χ3v) is 2.55. The van der Waals surface area contributed by atoms with Crippen LogP contribution < -0.4 is 5.32 Å². The highest BCUT2D eigenvalue weighted by Crippen LogP contribution is 2.19. The van der Waals surface area contributed by atoms with E-state index < -0.39 is 0 Å². The van der Waals surface area contributed by atoms with E-state index in [1.54, 1.807) is 13.1 Å². The molecule has 76 valence electrons. The molecule has 1 aromatic rings. The molecule has 14 heavy (non-hydrogen) atoms. The van der Waals surface area contributed by atoms with E-state index in [1.807, 2.05) is 0 Å². The Labute approximate surface area is 95.4 Å². The Bertz CT molecular complexity index is 327. The monoisotopic (exact) mass is 251 g/mol. The summed E-state index contributed by atoms with van der Waals surface area (Å²) >= 11 is 12.5. The predicted octanol–water partition coefficient (Wildman–Crippen LogP) is 1.62. The molecule has 1 amide bonds. The number of hydrogen-bond donors (Lipinski definition) is 1. The molecule has 0 aliphatic carbocycles. The number of amides is 1. The molecule has 1 N–H and O–H groups in total. The molecule has 1 rings (SSSR count). The van der Waals surface area contributed by atoms with E-state index in [0.717, 1.165) is 0 Å². The van der Waals surface area contributed by atoms with E-state index >= 15 is 0 Å². The van der Waals surface area contributed by atoms with Crippen LogP contribution in [0.5, 0.6) is 0 Å². The number of carbonyl (C=O) groups is 1. The summed E-state index contributed by atoms with van der Waals surface area (Å²) in [6.45, 7) is 0. The van der Waals surface area contributed by atoms with E-state index in [1.165, 1.54) is 11.8 Å². The zero-order valence-corrected chi connectivity index (χ0v) is 9.58. The Kier molecular flexibility index (Phi) is 4.44. The molecule has 0 atom stereocenters. The van der Waals surface area contributed by atoms with Crippen molar-refractivity contribution in [1.29, 1.82) is 0 Å². The Balaban J connectivity index is 2.63. The number of carbonyl (C=O) groups excluding carboxylic acids is 1. The highest BCUT2D eigenvalue weighted by atomic mass is 35.5. The highest BCUT2D eigenvalue weighted by molar-refractivity contribution is 7.99. The largest absolute Gasteiger partial charge is 0.358 e. The fourth-order valence-electron chi connectivity index (χ4n) is 0.656. The van der Waals surface area contributed by atoms with Crippen LogP contribution in [0, 0.1) is 0 Å². The second kappa shape index (κ2) is 5.38. The van der Waals surface area contributed by atoms with Gasteiger partial charge in [0.1, 0.15) is 10.2 Å². The van der Waals surface area contributed by atoms with Gasteiger partial charge in [0.05, 0.1) is 5.75 Å². The molecule has 1 aromatic heterocycles. The molecule has 0 fully saturated rings. The smallest absolute Gasteiger partial charge is 0.230 e. The zero-order valence-electron chi connectivity index (χ0n) is 7.25. The maximum Gasteiger partial charge on any atom is 0.230 e. The lowest BCUT2D eigenvalue weighted by atomic mass is 10.7. The summed E-state index contributed by atoms with van der Waals surface area (Å²) < 4.78 is 0. The van der Waals surface area contributed by atoms with Crippen LogP contribution in [0.2, 0.25) is 10.4 Å². The van der Waals surface area contributed by atoms with Gasteiger partial charge in [-0.1, -0.05) is 23.4 Å². The number of thioether (sulfide) groups is 1. The van der Waals surface area contributed by atoms with E-state index in [4.69, 9.17) is 23.2 Å². The number of halogens is 2. The first-order chi connectivity index (χ1) is 6.61. The first-order valence-electron chi connectivity index (χ1n) is 3.65. The topological polar surface area (TPSA) is 54.9 Å². The maximum atomic E-state index is 10.9. The molecule has 0 aliphatic rings. The average Bonchev–Trinajstić information content (AvgIpc) is 2.12. The minimum atomic E-state index is -0.0825. The van der Waals surface area contributed by atoms with E-state index in [9.17, 15) is 4.79 Å². The lowest BCUT2D eigenvalue weighted by molar-refractivity contribution is -0.118. The molecular formula is C7H7Cl2N3OS. The molecule has 0 spiro atoms. The van der Waals surface area contributed by atoms with Gasteiger partial charge in [0.2, 0.25) is 11.2 Å². The Morgan fingerprint density at radius 3 is 2.86 bits per heavy atom. The number of rotatable bonds is 3. The molecule has 0 aliphatic heterocycles. The summed E-state index contributed by atoms with van der Waals surface area (Å²) in [4.78, 5) is 18.5. The van der Waals surface area contributed by atoms with Crippen molar-refractivity contribution < 1.29 is 4.79 Å². The van der Waals surface area contributed by atoms with Gasteiger partial charge in [-0.05, 0) is 11.6 Å². The van der Waals surface area contributed by atoms with Crippen molar-refractivity contribution in [2.24, 2.45) is 0 Å². The van der Waals surface area contributed by atoms with Gasteiger partial charge in [-0.15, -0.1) is 0 Å². The number of aromatic nitrogens is 2.